The van der Waals surface area contributed by atoms with Gasteiger partial charge in [0.1, 0.15) is 5.71 Å². The lowest BCUT2D eigenvalue weighted by molar-refractivity contribution is 0.166. The lowest BCUT2D eigenvalue weighted by atomic mass is 10.0. The molecule has 0 aliphatic heterocycles. The van der Waals surface area contributed by atoms with Crippen LogP contribution in [0.15, 0.2) is 78.0 Å². The maximum atomic E-state index is 12.1. The average Bonchev–Trinajstić information content (AvgIpc) is 2.66. The SMILES string of the molecule is O=C(Nc1ccccc1Cl)ON=C(c1ccc(Cl)cc1)c1ccc(Cl)cc1. The van der Waals surface area contributed by atoms with Crippen LogP contribution < -0.4 is 5.32 Å². The predicted octanol–water partition coefficient (Wildman–Crippen LogP) is 6.65. The number of anilines is 1. The third kappa shape index (κ3) is 5.23. The smallest absolute Gasteiger partial charge is 0.297 e. The third-order valence-electron chi connectivity index (χ3n) is 3.57. The van der Waals surface area contributed by atoms with E-state index >= 15 is 0 Å². The van der Waals surface area contributed by atoms with Crippen molar-refractivity contribution in [3.63, 3.8) is 0 Å². The van der Waals surface area contributed by atoms with Gasteiger partial charge in [-0.15, -0.1) is 0 Å². The molecule has 3 aromatic carbocycles. The molecule has 0 bridgehead atoms. The fraction of sp³-hybridized carbons (Fsp3) is 0. The number of para-hydroxylation sites is 1. The number of oxime groups is 1. The molecule has 0 saturated heterocycles. The molecule has 0 aliphatic carbocycles. The van der Waals surface area contributed by atoms with Crippen molar-refractivity contribution >= 4 is 52.3 Å². The van der Waals surface area contributed by atoms with Crippen LogP contribution in [0, 0.1) is 0 Å². The van der Waals surface area contributed by atoms with Gasteiger partial charge in [-0.3, -0.25) is 10.2 Å². The Kier molecular flexibility index (Phi) is 6.35. The molecule has 136 valence electrons. The minimum Gasteiger partial charge on any atom is -0.297 e. The standard InChI is InChI=1S/C20H13Cl3N2O2/c21-15-9-5-13(6-10-15)19(14-7-11-16(22)12-8-14)25-27-20(26)24-18-4-2-1-3-17(18)23/h1-12H,(H,24,26). The summed E-state index contributed by atoms with van der Waals surface area (Å²) in [5, 5.41) is 8.15. The fourth-order valence-electron chi connectivity index (χ4n) is 2.27. The van der Waals surface area contributed by atoms with E-state index in [0.717, 1.165) is 11.1 Å². The van der Waals surface area contributed by atoms with Crippen LogP contribution in [-0.2, 0) is 4.84 Å². The number of carbonyl (C=O) groups is 1. The Morgan fingerprint density at radius 1 is 0.778 bits per heavy atom. The van der Waals surface area contributed by atoms with Gasteiger partial charge in [0.05, 0.1) is 10.7 Å². The van der Waals surface area contributed by atoms with E-state index in [9.17, 15) is 4.79 Å². The van der Waals surface area contributed by atoms with Crippen molar-refractivity contribution in [2.24, 2.45) is 5.16 Å². The number of halogens is 3. The number of carbonyl (C=O) groups excluding carboxylic acids is 1. The van der Waals surface area contributed by atoms with Gasteiger partial charge in [0.25, 0.3) is 0 Å². The van der Waals surface area contributed by atoms with Crippen molar-refractivity contribution in [1.29, 1.82) is 0 Å². The second kappa shape index (κ2) is 8.91. The largest absolute Gasteiger partial charge is 0.437 e. The number of benzene rings is 3. The van der Waals surface area contributed by atoms with Gasteiger partial charge in [0.2, 0.25) is 0 Å². The van der Waals surface area contributed by atoms with Crippen LogP contribution in [-0.4, -0.2) is 11.8 Å². The lowest BCUT2D eigenvalue weighted by Gasteiger charge is -2.08. The molecule has 0 spiro atoms. The quantitative estimate of drug-likeness (QED) is 0.292. The number of nitrogens with one attached hydrogen (secondary N) is 1. The Morgan fingerprint density at radius 2 is 1.30 bits per heavy atom. The summed E-state index contributed by atoms with van der Waals surface area (Å²) in [6, 6.07) is 20.9. The van der Waals surface area contributed by atoms with Gasteiger partial charge in [-0.25, -0.2) is 4.79 Å². The molecular formula is C20H13Cl3N2O2. The molecule has 0 aromatic heterocycles. The van der Waals surface area contributed by atoms with E-state index in [0.29, 0.717) is 26.5 Å². The number of hydrogen-bond acceptors (Lipinski definition) is 3. The molecule has 1 amide bonds. The zero-order valence-electron chi connectivity index (χ0n) is 13.8. The molecule has 0 saturated carbocycles. The topological polar surface area (TPSA) is 50.7 Å². The summed E-state index contributed by atoms with van der Waals surface area (Å²) in [6.07, 6.45) is -0.761. The summed E-state index contributed by atoms with van der Waals surface area (Å²) in [6.45, 7) is 0. The molecule has 0 fully saturated rings. The van der Waals surface area contributed by atoms with Crippen molar-refractivity contribution in [3.05, 3.63) is 99.0 Å². The van der Waals surface area contributed by atoms with E-state index in [1.54, 1.807) is 72.8 Å². The van der Waals surface area contributed by atoms with E-state index in [2.05, 4.69) is 10.5 Å². The molecule has 0 unspecified atom stereocenters. The molecule has 3 rings (SSSR count). The predicted molar refractivity (Wildman–Crippen MR) is 110 cm³/mol. The summed E-state index contributed by atoms with van der Waals surface area (Å²) in [4.78, 5) is 17.1. The first-order chi connectivity index (χ1) is 13.0. The van der Waals surface area contributed by atoms with Crippen LogP contribution in [0.4, 0.5) is 10.5 Å². The first kappa shape index (κ1) is 19.2. The Hall–Kier alpha value is -2.53. The highest BCUT2D eigenvalue weighted by Crippen LogP contribution is 2.21. The number of amides is 1. The molecular weight excluding hydrogens is 407 g/mol. The van der Waals surface area contributed by atoms with Crippen LogP contribution in [0.2, 0.25) is 15.1 Å². The normalized spacial score (nSPS) is 10.2. The Balaban J connectivity index is 1.85. The molecule has 4 nitrogen and oxygen atoms in total. The Morgan fingerprint density at radius 3 is 1.81 bits per heavy atom. The highest BCUT2D eigenvalue weighted by Gasteiger charge is 2.11. The average molecular weight is 420 g/mol. The molecule has 0 heterocycles. The Bertz CT molecular complexity index is 924. The first-order valence-electron chi connectivity index (χ1n) is 7.85. The molecule has 3 aromatic rings. The summed E-state index contributed by atoms with van der Waals surface area (Å²) < 4.78 is 0. The molecule has 0 atom stereocenters. The van der Waals surface area contributed by atoms with Crippen LogP contribution in [0.1, 0.15) is 11.1 Å². The molecule has 27 heavy (non-hydrogen) atoms. The van der Waals surface area contributed by atoms with E-state index in [1.165, 1.54) is 0 Å². The maximum absolute atomic E-state index is 12.1. The summed E-state index contributed by atoms with van der Waals surface area (Å²) in [7, 11) is 0. The number of rotatable bonds is 4. The highest BCUT2D eigenvalue weighted by atomic mass is 35.5. The number of hydrogen-bond donors (Lipinski definition) is 1. The van der Waals surface area contributed by atoms with Gasteiger partial charge >= 0.3 is 6.09 Å². The van der Waals surface area contributed by atoms with E-state index in [-0.39, 0.29) is 0 Å². The second-order valence-electron chi connectivity index (χ2n) is 5.44. The zero-order chi connectivity index (χ0) is 19.2. The van der Waals surface area contributed by atoms with Crippen molar-refractivity contribution in [2.45, 2.75) is 0 Å². The van der Waals surface area contributed by atoms with Crippen LogP contribution in [0.5, 0.6) is 0 Å². The van der Waals surface area contributed by atoms with Gasteiger partial charge in [0, 0.05) is 21.2 Å². The zero-order valence-corrected chi connectivity index (χ0v) is 16.1. The van der Waals surface area contributed by atoms with E-state index < -0.39 is 6.09 Å². The summed E-state index contributed by atoms with van der Waals surface area (Å²) >= 11 is 17.9. The van der Waals surface area contributed by atoms with E-state index in [4.69, 9.17) is 39.6 Å². The van der Waals surface area contributed by atoms with Crippen LogP contribution in [0.3, 0.4) is 0 Å². The molecule has 1 N–H and O–H groups in total. The fourth-order valence-corrected chi connectivity index (χ4v) is 2.71. The number of nitrogens with zero attached hydrogens (tertiary/aromatic N) is 1. The summed E-state index contributed by atoms with van der Waals surface area (Å²) in [5.41, 5.74) is 2.34. The monoisotopic (exact) mass is 418 g/mol. The molecule has 0 aliphatic rings. The second-order valence-corrected chi connectivity index (χ2v) is 6.72. The van der Waals surface area contributed by atoms with Gasteiger partial charge in [-0.2, -0.15) is 0 Å². The minimum absolute atomic E-state index is 0.397. The Labute approximate surface area is 171 Å². The van der Waals surface area contributed by atoms with Crippen LogP contribution >= 0.6 is 34.8 Å². The van der Waals surface area contributed by atoms with E-state index in [1.807, 2.05) is 0 Å². The van der Waals surface area contributed by atoms with Crippen molar-refractivity contribution < 1.29 is 9.63 Å². The van der Waals surface area contributed by atoms with Gasteiger partial charge in [-0.1, -0.05) is 76.4 Å². The summed E-state index contributed by atoms with van der Waals surface area (Å²) in [5.74, 6) is 0. The maximum Gasteiger partial charge on any atom is 0.437 e. The van der Waals surface area contributed by atoms with Gasteiger partial charge in [-0.05, 0) is 36.4 Å². The molecule has 7 heteroatoms. The van der Waals surface area contributed by atoms with Crippen molar-refractivity contribution in [2.75, 3.05) is 5.32 Å². The van der Waals surface area contributed by atoms with Crippen molar-refractivity contribution in [1.82, 2.24) is 0 Å². The lowest BCUT2D eigenvalue weighted by Crippen LogP contribution is -2.13. The van der Waals surface area contributed by atoms with Crippen LogP contribution in [0.25, 0.3) is 0 Å². The molecule has 0 radical (unpaired) electrons. The third-order valence-corrected chi connectivity index (χ3v) is 4.40. The van der Waals surface area contributed by atoms with Gasteiger partial charge < -0.3 is 0 Å². The highest BCUT2D eigenvalue weighted by molar-refractivity contribution is 6.33. The minimum atomic E-state index is -0.761. The van der Waals surface area contributed by atoms with Gasteiger partial charge in [0.15, 0.2) is 0 Å². The van der Waals surface area contributed by atoms with Crippen molar-refractivity contribution in [3.8, 4) is 0 Å². The first-order valence-corrected chi connectivity index (χ1v) is 8.99.